The minimum absolute atomic E-state index is 0.0178. The molecule has 1 aromatic rings. The van der Waals surface area contributed by atoms with E-state index in [-0.39, 0.29) is 17.9 Å². The lowest BCUT2D eigenvalue weighted by molar-refractivity contribution is -0.129. The molecule has 2 unspecified atom stereocenters. The van der Waals surface area contributed by atoms with Crippen LogP contribution in [0.4, 0.5) is 0 Å². The third kappa shape index (κ3) is 3.67. The van der Waals surface area contributed by atoms with E-state index in [0.717, 1.165) is 11.3 Å². The molecule has 1 aliphatic heterocycles. The van der Waals surface area contributed by atoms with E-state index >= 15 is 0 Å². The van der Waals surface area contributed by atoms with E-state index in [4.69, 9.17) is 10.3 Å². The Labute approximate surface area is 124 Å². The second-order valence-electron chi connectivity index (χ2n) is 5.21. The van der Waals surface area contributed by atoms with Gasteiger partial charge in [-0.3, -0.25) is 4.79 Å². The molecule has 1 saturated heterocycles. The second kappa shape index (κ2) is 6.99. The van der Waals surface area contributed by atoms with Crippen molar-refractivity contribution in [3.63, 3.8) is 0 Å². The Morgan fingerprint density at radius 3 is 2.81 bits per heavy atom. The van der Waals surface area contributed by atoms with Crippen LogP contribution in [-0.2, 0) is 4.79 Å². The SMILES string of the molecule is CCOc1ccc(C(C)N2CC(CN=[N+]=[N-])CC2=O)cc1. The number of hydrogen-bond donors (Lipinski definition) is 0. The standard InChI is InChI=1S/C15H20N4O2/c1-3-21-14-6-4-13(5-7-14)11(2)19-10-12(8-15(19)20)9-17-18-16/h4-7,11-12H,3,8-10H2,1-2H3. The van der Waals surface area contributed by atoms with Crippen LogP contribution in [0.2, 0.25) is 0 Å². The molecule has 1 fully saturated rings. The van der Waals surface area contributed by atoms with E-state index in [1.165, 1.54) is 0 Å². The van der Waals surface area contributed by atoms with Gasteiger partial charge >= 0.3 is 0 Å². The predicted octanol–water partition coefficient (Wildman–Crippen LogP) is 3.31. The number of carbonyl (C=O) groups is 1. The van der Waals surface area contributed by atoms with Crippen molar-refractivity contribution < 1.29 is 9.53 Å². The van der Waals surface area contributed by atoms with Gasteiger partial charge in [0.05, 0.1) is 12.6 Å². The van der Waals surface area contributed by atoms with Crippen LogP contribution in [0.1, 0.15) is 31.9 Å². The Bertz CT molecular complexity index is 537. The Morgan fingerprint density at radius 2 is 2.19 bits per heavy atom. The van der Waals surface area contributed by atoms with Crippen LogP contribution in [-0.4, -0.2) is 30.5 Å². The number of hydrogen-bond acceptors (Lipinski definition) is 3. The summed E-state index contributed by atoms with van der Waals surface area (Å²) < 4.78 is 5.42. The van der Waals surface area contributed by atoms with Gasteiger partial charge in [-0.05, 0) is 43.0 Å². The number of azide groups is 1. The Hall–Kier alpha value is -2.20. The number of carbonyl (C=O) groups excluding carboxylic acids is 1. The van der Waals surface area contributed by atoms with Crippen LogP contribution < -0.4 is 4.74 Å². The van der Waals surface area contributed by atoms with Gasteiger partial charge in [0.2, 0.25) is 5.91 Å². The van der Waals surface area contributed by atoms with Gasteiger partial charge in [-0.15, -0.1) is 0 Å². The fraction of sp³-hybridized carbons (Fsp3) is 0.533. The number of amides is 1. The summed E-state index contributed by atoms with van der Waals surface area (Å²) in [4.78, 5) is 16.7. The summed E-state index contributed by atoms with van der Waals surface area (Å²) in [6, 6.07) is 7.85. The number of likely N-dealkylation sites (tertiary alicyclic amines) is 1. The molecule has 0 radical (unpaired) electrons. The predicted molar refractivity (Wildman–Crippen MR) is 79.9 cm³/mol. The van der Waals surface area contributed by atoms with E-state index in [9.17, 15) is 4.79 Å². The molecule has 1 aromatic carbocycles. The first kappa shape index (κ1) is 15.2. The molecule has 1 amide bonds. The van der Waals surface area contributed by atoms with E-state index in [0.29, 0.717) is 26.1 Å². The van der Waals surface area contributed by atoms with Gasteiger partial charge in [0.1, 0.15) is 5.75 Å². The van der Waals surface area contributed by atoms with Crippen LogP contribution in [0.15, 0.2) is 29.4 Å². The summed E-state index contributed by atoms with van der Waals surface area (Å²) in [6.45, 7) is 5.63. The maximum Gasteiger partial charge on any atom is 0.223 e. The third-order valence-electron chi connectivity index (χ3n) is 3.78. The zero-order valence-electron chi connectivity index (χ0n) is 12.4. The summed E-state index contributed by atoms with van der Waals surface area (Å²) in [7, 11) is 0. The lowest BCUT2D eigenvalue weighted by Gasteiger charge is -2.25. The monoisotopic (exact) mass is 288 g/mol. The molecular formula is C15H20N4O2. The van der Waals surface area contributed by atoms with E-state index < -0.39 is 0 Å². The number of benzene rings is 1. The van der Waals surface area contributed by atoms with E-state index in [1.807, 2.05) is 43.0 Å². The van der Waals surface area contributed by atoms with E-state index in [2.05, 4.69) is 10.0 Å². The molecule has 1 heterocycles. The summed E-state index contributed by atoms with van der Waals surface area (Å²) in [5.41, 5.74) is 9.44. The minimum Gasteiger partial charge on any atom is -0.494 e. The van der Waals surface area contributed by atoms with Crippen molar-refractivity contribution in [2.45, 2.75) is 26.3 Å². The molecule has 6 heteroatoms. The van der Waals surface area contributed by atoms with Crippen molar-refractivity contribution in [3.8, 4) is 5.75 Å². The topological polar surface area (TPSA) is 78.3 Å². The lowest BCUT2D eigenvalue weighted by Crippen LogP contribution is -2.28. The van der Waals surface area contributed by atoms with Crippen LogP contribution in [0.5, 0.6) is 5.75 Å². The molecule has 6 nitrogen and oxygen atoms in total. The highest BCUT2D eigenvalue weighted by molar-refractivity contribution is 5.79. The molecule has 2 rings (SSSR count). The fourth-order valence-electron chi connectivity index (χ4n) is 2.65. The van der Waals surface area contributed by atoms with Gasteiger partial charge in [-0.25, -0.2) is 0 Å². The van der Waals surface area contributed by atoms with Crippen molar-refractivity contribution in [1.82, 2.24) is 4.90 Å². The van der Waals surface area contributed by atoms with Crippen molar-refractivity contribution in [3.05, 3.63) is 40.3 Å². The summed E-state index contributed by atoms with van der Waals surface area (Å²) >= 11 is 0. The first-order valence-corrected chi connectivity index (χ1v) is 7.18. The smallest absolute Gasteiger partial charge is 0.223 e. The van der Waals surface area contributed by atoms with Crippen molar-refractivity contribution in [2.24, 2.45) is 11.0 Å². The van der Waals surface area contributed by atoms with Crippen LogP contribution in [0.25, 0.3) is 10.4 Å². The minimum atomic E-state index is 0.0178. The van der Waals surface area contributed by atoms with Crippen LogP contribution >= 0.6 is 0 Å². The van der Waals surface area contributed by atoms with Crippen molar-refractivity contribution in [1.29, 1.82) is 0 Å². The highest BCUT2D eigenvalue weighted by Gasteiger charge is 2.32. The van der Waals surface area contributed by atoms with Gasteiger partial charge in [0, 0.05) is 24.4 Å². The number of nitrogens with zero attached hydrogens (tertiary/aromatic N) is 4. The summed E-state index contributed by atoms with van der Waals surface area (Å²) in [6.07, 6.45) is 0.459. The summed E-state index contributed by atoms with van der Waals surface area (Å²) in [5, 5.41) is 3.57. The molecule has 1 aliphatic rings. The fourth-order valence-corrected chi connectivity index (χ4v) is 2.65. The quantitative estimate of drug-likeness (QED) is 0.457. The Kier molecular flexibility index (Phi) is 5.06. The van der Waals surface area contributed by atoms with Gasteiger partial charge < -0.3 is 9.64 Å². The Balaban J connectivity index is 2.03. The zero-order valence-corrected chi connectivity index (χ0v) is 12.4. The first-order valence-electron chi connectivity index (χ1n) is 7.18. The molecule has 112 valence electrons. The average molecular weight is 288 g/mol. The number of ether oxygens (including phenoxy) is 1. The lowest BCUT2D eigenvalue weighted by atomic mass is 10.1. The highest BCUT2D eigenvalue weighted by Crippen LogP contribution is 2.29. The second-order valence-corrected chi connectivity index (χ2v) is 5.21. The molecule has 0 N–H and O–H groups in total. The van der Waals surface area contributed by atoms with E-state index in [1.54, 1.807) is 0 Å². The zero-order chi connectivity index (χ0) is 15.2. The Morgan fingerprint density at radius 1 is 1.48 bits per heavy atom. The number of rotatable bonds is 6. The van der Waals surface area contributed by atoms with Gasteiger partial charge in [-0.2, -0.15) is 0 Å². The maximum absolute atomic E-state index is 12.1. The first-order chi connectivity index (χ1) is 10.2. The van der Waals surface area contributed by atoms with Gasteiger partial charge in [0.15, 0.2) is 0 Å². The molecule has 21 heavy (non-hydrogen) atoms. The molecule has 0 aliphatic carbocycles. The van der Waals surface area contributed by atoms with Crippen LogP contribution in [0, 0.1) is 5.92 Å². The van der Waals surface area contributed by atoms with Crippen molar-refractivity contribution >= 4 is 5.91 Å². The van der Waals surface area contributed by atoms with Crippen molar-refractivity contribution in [2.75, 3.05) is 19.7 Å². The molecule has 0 spiro atoms. The molecule has 0 saturated carbocycles. The van der Waals surface area contributed by atoms with Gasteiger partial charge in [-0.1, -0.05) is 17.2 Å². The molecular weight excluding hydrogens is 268 g/mol. The van der Waals surface area contributed by atoms with Gasteiger partial charge in [0.25, 0.3) is 0 Å². The molecule has 0 aromatic heterocycles. The maximum atomic E-state index is 12.1. The average Bonchev–Trinajstić information content (AvgIpc) is 2.86. The highest BCUT2D eigenvalue weighted by atomic mass is 16.5. The normalized spacial score (nSPS) is 19.2. The van der Waals surface area contributed by atoms with Crippen LogP contribution in [0.3, 0.4) is 0 Å². The molecule has 0 bridgehead atoms. The molecule has 2 atom stereocenters. The third-order valence-corrected chi connectivity index (χ3v) is 3.78. The summed E-state index contributed by atoms with van der Waals surface area (Å²) in [5.74, 6) is 1.08. The largest absolute Gasteiger partial charge is 0.494 e.